The Kier molecular flexibility index (Phi) is 4.66. The molecule has 0 aliphatic carbocycles. The van der Waals surface area contributed by atoms with E-state index in [4.69, 9.17) is 23.2 Å². The molecule has 2 nitrogen and oxygen atoms in total. The number of nitrogens with zero attached hydrogens (tertiary/aromatic N) is 2. The molecule has 0 saturated heterocycles. The SMILES string of the molecule is Clc1ccc(CSCc2ccccc2Cl)nn1. The van der Waals surface area contributed by atoms with Gasteiger partial charge in [0.2, 0.25) is 0 Å². The second kappa shape index (κ2) is 6.24. The van der Waals surface area contributed by atoms with Crippen LogP contribution in [0, 0.1) is 0 Å². The predicted molar refractivity (Wildman–Crippen MR) is 73.5 cm³/mol. The van der Waals surface area contributed by atoms with E-state index in [1.54, 1.807) is 17.8 Å². The van der Waals surface area contributed by atoms with Gasteiger partial charge >= 0.3 is 0 Å². The summed E-state index contributed by atoms with van der Waals surface area (Å²) >= 11 is 13.5. The molecule has 0 aliphatic rings. The van der Waals surface area contributed by atoms with Crippen molar-refractivity contribution in [2.24, 2.45) is 0 Å². The van der Waals surface area contributed by atoms with Crippen molar-refractivity contribution in [1.29, 1.82) is 0 Å². The molecule has 0 atom stereocenters. The van der Waals surface area contributed by atoms with Crippen molar-refractivity contribution in [2.45, 2.75) is 11.5 Å². The minimum Gasteiger partial charge on any atom is -0.153 e. The van der Waals surface area contributed by atoms with Gasteiger partial charge in [-0.15, -0.1) is 5.10 Å². The van der Waals surface area contributed by atoms with Crippen LogP contribution in [0.4, 0.5) is 0 Å². The van der Waals surface area contributed by atoms with Crippen LogP contribution in [-0.4, -0.2) is 10.2 Å². The van der Waals surface area contributed by atoms with Crippen LogP contribution in [0.2, 0.25) is 10.2 Å². The molecule has 0 radical (unpaired) electrons. The Hall–Kier alpha value is -0.770. The summed E-state index contributed by atoms with van der Waals surface area (Å²) in [5.74, 6) is 1.67. The van der Waals surface area contributed by atoms with Gasteiger partial charge in [-0.2, -0.15) is 16.9 Å². The first-order valence-electron chi connectivity index (χ1n) is 5.05. The smallest absolute Gasteiger partial charge is 0.151 e. The van der Waals surface area contributed by atoms with Crippen molar-refractivity contribution in [1.82, 2.24) is 10.2 Å². The van der Waals surface area contributed by atoms with E-state index >= 15 is 0 Å². The van der Waals surface area contributed by atoms with Gasteiger partial charge in [0.15, 0.2) is 5.15 Å². The Morgan fingerprint density at radius 1 is 0.941 bits per heavy atom. The summed E-state index contributed by atoms with van der Waals surface area (Å²) in [5, 5.41) is 9.02. The third-order valence-corrected chi connectivity index (χ3v) is 3.74. The van der Waals surface area contributed by atoms with E-state index in [0.717, 1.165) is 27.8 Å². The molecule has 0 amide bonds. The maximum absolute atomic E-state index is 6.07. The van der Waals surface area contributed by atoms with Crippen LogP contribution in [0.5, 0.6) is 0 Å². The molecule has 2 aromatic rings. The molecule has 1 heterocycles. The van der Waals surface area contributed by atoms with Crippen LogP contribution in [0.15, 0.2) is 36.4 Å². The first-order chi connectivity index (χ1) is 8.25. The normalized spacial score (nSPS) is 10.5. The molecule has 2 rings (SSSR count). The predicted octanol–water partition coefficient (Wildman–Crippen LogP) is 4.22. The summed E-state index contributed by atoms with van der Waals surface area (Å²) in [5.41, 5.74) is 2.06. The third kappa shape index (κ3) is 3.87. The van der Waals surface area contributed by atoms with E-state index in [0.29, 0.717) is 5.15 Å². The molecule has 17 heavy (non-hydrogen) atoms. The quantitative estimate of drug-likeness (QED) is 0.841. The van der Waals surface area contributed by atoms with Crippen molar-refractivity contribution in [2.75, 3.05) is 0 Å². The van der Waals surface area contributed by atoms with Gasteiger partial charge in [0, 0.05) is 16.5 Å². The molecule has 0 N–H and O–H groups in total. The van der Waals surface area contributed by atoms with Crippen molar-refractivity contribution in [3.8, 4) is 0 Å². The number of thioether (sulfide) groups is 1. The highest BCUT2D eigenvalue weighted by atomic mass is 35.5. The molecule has 0 aliphatic heterocycles. The zero-order chi connectivity index (χ0) is 12.1. The Bertz CT molecular complexity index is 488. The fourth-order valence-corrected chi connectivity index (χ4v) is 2.62. The summed E-state index contributed by atoms with van der Waals surface area (Å²) in [6.07, 6.45) is 0. The fraction of sp³-hybridized carbons (Fsp3) is 0.167. The number of rotatable bonds is 4. The van der Waals surface area contributed by atoms with Crippen molar-refractivity contribution in [3.63, 3.8) is 0 Å². The second-order valence-corrected chi connectivity index (χ2v) is 5.21. The van der Waals surface area contributed by atoms with Crippen LogP contribution in [0.3, 0.4) is 0 Å². The number of hydrogen-bond donors (Lipinski definition) is 0. The molecule has 5 heteroatoms. The molecule has 0 fully saturated rings. The summed E-state index contributed by atoms with van der Waals surface area (Å²) in [4.78, 5) is 0. The highest BCUT2D eigenvalue weighted by Crippen LogP contribution is 2.22. The summed E-state index contributed by atoms with van der Waals surface area (Å²) < 4.78 is 0. The molecule has 1 aromatic carbocycles. The van der Waals surface area contributed by atoms with Crippen LogP contribution in [0.1, 0.15) is 11.3 Å². The monoisotopic (exact) mass is 284 g/mol. The zero-order valence-corrected chi connectivity index (χ0v) is 11.3. The molecule has 0 spiro atoms. The molecular weight excluding hydrogens is 275 g/mol. The lowest BCUT2D eigenvalue weighted by atomic mass is 10.2. The third-order valence-electron chi connectivity index (χ3n) is 2.15. The van der Waals surface area contributed by atoms with Crippen molar-refractivity contribution >= 4 is 35.0 Å². The number of aromatic nitrogens is 2. The number of hydrogen-bond acceptors (Lipinski definition) is 3. The first kappa shape index (κ1) is 12.7. The number of halogens is 2. The molecule has 88 valence electrons. The lowest BCUT2D eigenvalue weighted by molar-refractivity contribution is 0.971. The van der Waals surface area contributed by atoms with E-state index < -0.39 is 0 Å². The molecular formula is C12H10Cl2N2S. The molecule has 0 saturated carbocycles. The van der Waals surface area contributed by atoms with Crippen LogP contribution < -0.4 is 0 Å². The van der Waals surface area contributed by atoms with Gasteiger partial charge in [-0.1, -0.05) is 41.4 Å². The summed E-state index contributed by atoms with van der Waals surface area (Å²) in [6, 6.07) is 11.5. The van der Waals surface area contributed by atoms with Crippen LogP contribution in [0.25, 0.3) is 0 Å². The molecule has 0 unspecified atom stereocenters. The van der Waals surface area contributed by atoms with E-state index in [1.165, 1.54) is 0 Å². The second-order valence-electron chi connectivity index (χ2n) is 3.43. The Labute approximate surface area is 114 Å². The summed E-state index contributed by atoms with van der Waals surface area (Å²) in [7, 11) is 0. The number of benzene rings is 1. The van der Waals surface area contributed by atoms with Gasteiger partial charge in [0.1, 0.15) is 0 Å². The van der Waals surface area contributed by atoms with Gasteiger partial charge in [-0.3, -0.25) is 0 Å². The maximum Gasteiger partial charge on any atom is 0.151 e. The van der Waals surface area contributed by atoms with Gasteiger partial charge < -0.3 is 0 Å². The van der Waals surface area contributed by atoms with Crippen molar-refractivity contribution < 1.29 is 0 Å². The lowest BCUT2D eigenvalue weighted by Gasteiger charge is -2.03. The van der Waals surface area contributed by atoms with E-state index in [-0.39, 0.29) is 0 Å². The topological polar surface area (TPSA) is 25.8 Å². The first-order valence-corrected chi connectivity index (χ1v) is 6.96. The minimum absolute atomic E-state index is 0.421. The summed E-state index contributed by atoms with van der Waals surface area (Å²) in [6.45, 7) is 0. The van der Waals surface area contributed by atoms with Crippen molar-refractivity contribution in [3.05, 3.63) is 57.8 Å². The van der Waals surface area contributed by atoms with Crippen LogP contribution in [-0.2, 0) is 11.5 Å². The fourth-order valence-electron chi connectivity index (χ4n) is 1.30. The van der Waals surface area contributed by atoms with Gasteiger partial charge in [-0.05, 0) is 23.8 Å². The average molecular weight is 285 g/mol. The van der Waals surface area contributed by atoms with Gasteiger partial charge in [-0.25, -0.2) is 0 Å². The van der Waals surface area contributed by atoms with E-state index in [1.807, 2.05) is 30.3 Å². The standard InChI is InChI=1S/C12H10Cl2N2S/c13-11-4-2-1-3-9(11)7-17-8-10-5-6-12(14)16-15-10/h1-6H,7-8H2. The molecule has 1 aromatic heterocycles. The highest BCUT2D eigenvalue weighted by Gasteiger charge is 2.01. The Balaban J connectivity index is 1.88. The maximum atomic E-state index is 6.07. The van der Waals surface area contributed by atoms with E-state index in [9.17, 15) is 0 Å². The van der Waals surface area contributed by atoms with Gasteiger partial charge in [0.05, 0.1) is 5.69 Å². The average Bonchev–Trinajstić information content (AvgIpc) is 2.34. The van der Waals surface area contributed by atoms with E-state index in [2.05, 4.69) is 10.2 Å². The lowest BCUT2D eigenvalue weighted by Crippen LogP contribution is -1.91. The Morgan fingerprint density at radius 2 is 1.76 bits per heavy atom. The Morgan fingerprint density at radius 3 is 2.47 bits per heavy atom. The minimum atomic E-state index is 0.421. The largest absolute Gasteiger partial charge is 0.153 e. The zero-order valence-electron chi connectivity index (χ0n) is 8.94. The van der Waals surface area contributed by atoms with Gasteiger partial charge in [0.25, 0.3) is 0 Å². The molecule has 0 bridgehead atoms. The van der Waals surface area contributed by atoms with Crippen LogP contribution >= 0.6 is 35.0 Å². The highest BCUT2D eigenvalue weighted by molar-refractivity contribution is 7.97.